The molecular formula is C20H28N2O3S. The van der Waals surface area contributed by atoms with Gasteiger partial charge in [-0.25, -0.2) is 8.42 Å². The molecule has 0 radical (unpaired) electrons. The molecule has 3 atom stereocenters. The maximum Gasteiger partial charge on any atom is 0.223 e. The normalized spacial score (nSPS) is 31.2. The Bertz CT molecular complexity index is 771. The van der Waals surface area contributed by atoms with Crippen molar-refractivity contribution in [2.75, 3.05) is 18.8 Å². The standard InChI is InChI=1S/C20H28N2O3S/c1-14-5-7-15(8-6-14)11-22-12-18-17(20(23)21-16-3-2-4-16)9-10-26(24,25)19(18)13-22/h5-8,16-19H,2-4,9-13H2,1H3,(H,21,23)/t17-,18-,19-/m0/s1. The van der Waals surface area contributed by atoms with E-state index < -0.39 is 9.84 Å². The van der Waals surface area contributed by atoms with E-state index in [1.54, 1.807) is 0 Å². The minimum absolute atomic E-state index is 0.0701. The zero-order chi connectivity index (χ0) is 18.3. The Balaban J connectivity index is 1.47. The van der Waals surface area contributed by atoms with Gasteiger partial charge in [0.25, 0.3) is 0 Å². The number of amides is 1. The highest BCUT2D eigenvalue weighted by Crippen LogP contribution is 2.38. The van der Waals surface area contributed by atoms with E-state index >= 15 is 0 Å². The molecule has 0 aromatic heterocycles. The molecular weight excluding hydrogens is 348 g/mol. The van der Waals surface area contributed by atoms with E-state index in [0.717, 1.165) is 19.4 Å². The summed E-state index contributed by atoms with van der Waals surface area (Å²) in [4.78, 5) is 14.9. The summed E-state index contributed by atoms with van der Waals surface area (Å²) in [5.41, 5.74) is 2.42. The maximum absolute atomic E-state index is 12.7. The molecule has 2 saturated heterocycles. The highest BCUT2D eigenvalue weighted by Gasteiger charge is 2.50. The Morgan fingerprint density at radius 1 is 1.15 bits per heavy atom. The number of rotatable bonds is 4. The monoisotopic (exact) mass is 376 g/mol. The summed E-state index contributed by atoms with van der Waals surface area (Å²) < 4.78 is 25.2. The Hall–Kier alpha value is -1.40. The third kappa shape index (κ3) is 3.54. The number of hydrogen-bond donors (Lipinski definition) is 1. The molecule has 4 rings (SSSR count). The van der Waals surface area contributed by atoms with Crippen LogP contribution in [0.1, 0.15) is 36.8 Å². The molecule has 1 aromatic carbocycles. The van der Waals surface area contributed by atoms with Crippen LogP contribution in [0.5, 0.6) is 0 Å². The van der Waals surface area contributed by atoms with Gasteiger partial charge in [0, 0.05) is 37.5 Å². The van der Waals surface area contributed by atoms with Gasteiger partial charge in [-0.05, 0) is 38.2 Å². The van der Waals surface area contributed by atoms with Gasteiger partial charge < -0.3 is 5.32 Å². The Kier molecular flexibility index (Phi) is 4.82. The molecule has 1 aromatic rings. The molecule has 0 spiro atoms. The van der Waals surface area contributed by atoms with Gasteiger partial charge in [-0.2, -0.15) is 0 Å². The largest absolute Gasteiger partial charge is 0.353 e. The number of carbonyl (C=O) groups is 1. The predicted molar refractivity (Wildman–Crippen MR) is 101 cm³/mol. The van der Waals surface area contributed by atoms with Crippen LogP contribution < -0.4 is 5.32 Å². The number of carbonyl (C=O) groups excluding carboxylic acids is 1. The summed E-state index contributed by atoms with van der Waals surface area (Å²) in [5.74, 6) is -0.00170. The number of nitrogens with zero attached hydrogens (tertiary/aromatic N) is 1. The summed E-state index contributed by atoms with van der Waals surface area (Å²) >= 11 is 0. The van der Waals surface area contributed by atoms with Gasteiger partial charge in [-0.3, -0.25) is 9.69 Å². The van der Waals surface area contributed by atoms with E-state index in [4.69, 9.17) is 0 Å². The van der Waals surface area contributed by atoms with Crippen molar-refractivity contribution < 1.29 is 13.2 Å². The zero-order valence-corrected chi connectivity index (χ0v) is 16.2. The van der Waals surface area contributed by atoms with Gasteiger partial charge in [0.1, 0.15) is 0 Å². The molecule has 1 amide bonds. The molecule has 1 N–H and O–H groups in total. The quantitative estimate of drug-likeness (QED) is 0.872. The van der Waals surface area contributed by atoms with Crippen molar-refractivity contribution in [3.8, 4) is 0 Å². The van der Waals surface area contributed by atoms with E-state index in [-0.39, 0.29) is 28.7 Å². The SMILES string of the molecule is Cc1ccc(CN2C[C@H]3[C@@H](C(=O)NC4CCC4)CCS(=O)(=O)[C@H]3C2)cc1. The zero-order valence-electron chi connectivity index (χ0n) is 15.4. The number of hydrogen-bond acceptors (Lipinski definition) is 4. The number of sulfone groups is 1. The summed E-state index contributed by atoms with van der Waals surface area (Å²) in [6.45, 7) is 4.06. The first-order valence-corrected chi connectivity index (χ1v) is 11.4. The molecule has 6 heteroatoms. The molecule has 0 bridgehead atoms. The molecule has 2 heterocycles. The molecule has 142 valence electrons. The number of benzene rings is 1. The first-order chi connectivity index (χ1) is 12.4. The Labute approximate surface area is 156 Å². The number of aryl methyl sites for hydroxylation is 1. The fourth-order valence-corrected chi connectivity index (χ4v) is 6.70. The summed E-state index contributed by atoms with van der Waals surface area (Å²) in [6.07, 6.45) is 3.77. The van der Waals surface area contributed by atoms with E-state index in [9.17, 15) is 13.2 Å². The van der Waals surface area contributed by atoms with E-state index in [1.807, 2.05) is 0 Å². The van der Waals surface area contributed by atoms with Crippen molar-refractivity contribution in [3.05, 3.63) is 35.4 Å². The van der Waals surface area contributed by atoms with Crippen molar-refractivity contribution in [3.63, 3.8) is 0 Å². The van der Waals surface area contributed by atoms with Crippen LogP contribution in [0.3, 0.4) is 0 Å². The lowest BCUT2D eigenvalue weighted by molar-refractivity contribution is -0.128. The molecule has 3 fully saturated rings. The van der Waals surface area contributed by atoms with Crippen LogP contribution in [0.25, 0.3) is 0 Å². The van der Waals surface area contributed by atoms with Gasteiger partial charge >= 0.3 is 0 Å². The van der Waals surface area contributed by atoms with E-state index in [0.29, 0.717) is 25.6 Å². The van der Waals surface area contributed by atoms with Crippen LogP contribution in [0, 0.1) is 18.8 Å². The lowest BCUT2D eigenvalue weighted by Crippen LogP contribution is -2.50. The van der Waals surface area contributed by atoms with E-state index in [2.05, 4.69) is 41.4 Å². The second kappa shape index (κ2) is 6.97. The van der Waals surface area contributed by atoms with Crippen molar-refractivity contribution in [1.29, 1.82) is 0 Å². The van der Waals surface area contributed by atoms with Gasteiger partial charge in [-0.15, -0.1) is 0 Å². The third-order valence-corrected chi connectivity index (χ3v) is 8.62. The Morgan fingerprint density at radius 3 is 2.54 bits per heavy atom. The van der Waals surface area contributed by atoms with Crippen LogP contribution in [-0.4, -0.2) is 49.4 Å². The third-order valence-electron chi connectivity index (χ3n) is 6.39. The van der Waals surface area contributed by atoms with Crippen LogP contribution in [0.2, 0.25) is 0 Å². The van der Waals surface area contributed by atoms with E-state index in [1.165, 1.54) is 17.5 Å². The van der Waals surface area contributed by atoms with Gasteiger partial charge in [0.05, 0.1) is 11.0 Å². The van der Waals surface area contributed by atoms with Gasteiger partial charge in [-0.1, -0.05) is 29.8 Å². The van der Waals surface area contributed by atoms with Gasteiger partial charge in [0.2, 0.25) is 5.91 Å². The van der Waals surface area contributed by atoms with Crippen LogP contribution >= 0.6 is 0 Å². The minimum Gasteiger partial charge on any atom is -0.353 e. The highest BCUT2D eigenvalue weighted by molar-refractivity contribution is 7.92. The average molecular weight is 377 g/mol. The van der Waals surface area contributed by atoms with Crippen LogP contribution in [0.4, 0.5) is 0 Å². The second-order valence-electron chi connectivity index (χ2n) is 8.28. The van der Waals surface area contributed by atoms with Crippen LogP contribution in [-0.2, 0) is 21.2 Å². The predicted octanol–water partition coefficient (Wildman–Crippen LogP) is 1.90. The smallest absolute Gasteiger partial charge is 0.223 e. The lowest BCUT2D eigenvalue weighted by Gasteiger charge is -2.34. The second-order valence-corrected chi connectivity index (χ2v) is 10.6. The summed E-state index contributed by atoms with van der Waals surface area (Å²) in [7, 11) is -3.10. The molecule has 26 heavy (non-hydrogen) atoms. The molecule has 5 nitrogen and oxygen atoms in total. The topological polar surface area (TPSA) is 66.5 Å². The number of nitrogens with one attached hydrogen (secondary N) is 1. The van der Waals surface area contributed by atoms with Crippen LogP contribution in [0.15, 0.2) is 24.3 Å². The number of likely N-dealkylation sites (tertiary alicyclic amines) is 1. The first kappa shape index (κ1) is 18.0. The van der Waals surface area contributed by atoms with Crippen molar-refractivity contribution in [2.24, 2.45) is 11.8 Å². The maximum atomic E-state index is 12.7. The molecule has 1 aliphatic carbocycles. The lowest BCUT2D eigenvalue weighted by atomic mass is 9.86. The molecule has 2 aliphatic heterocycles. The molecule has 1 saturated carbocycles. The fraction of sp³-hybridized carbons (Fsp3) is 0.650. The van der Waals surface area contributed by atoms with Crippen molar-refractivity contribution >= 4 is 15.7 Å². The van der Waals surface area contributed by atoms with Gasteiger partial charge in [0.15, 0.2) is 9.84 Å². The van der Waals surface area contributed by atoms with Crippen molar-refractivity contribution in [2.45, 2.75) is 50.4 Å². The molecule has 0 unspecified atom stereocenters. The molecule has 3 aliphatic rings. The highest BCUT2D eigenvalue weighted by atomic mass is 32.2. The number of fused-ring (bicyclic) bond motifs is 1. The summed E-state index contributed by atoms with van der Waals surface area (Å²) in [5, 5.41) is 2.75. The average Bonchev–Trinajstić information content (AvgIpc) is 2.98. The fourth-order valence-electron chi connectivity index (χ4n) is 4.57. The Morgan fingerprint density at radius 2 is 1.88 bits per heavy atom. The first-order valence-electron chi connectivity index (χ1n) is 9.72. The van der Waals surface area contributed by atoms with Crippen molar-refractivity contribution in [1.82, 2.24) is 10.2 Å². The summed E-state index contributed by atoms with van der Waals surface area (Å²) in [6, 6.07) is 8.69. The minimum atomic E-state index is -3.10.